The van der Waals surface area contributed by atoms with Crippen LogP contribution in [-0.4, -0.2) is 45.0 Å². The summed E-state index contributed by atoms with van der Waals surface area (Å²) in [5.41, 5.74) is 0.115. The number of ether oxygens (including phenoxy) is 2. The minimum absolute atomic E-state index is 0.0192. The topological polar surface area (TPSA) is 108 Å². The van der Waals surface area contributed by atoms with Gasteiger partial charge in [-0.25, -0.2) is 4.79 Å². The third-order valence-electron chi connectivity index (χ3n) is 3.09. The van der Waals surface area contributed by atoms with Gasteiger partial charge >= 0.3 is 22.2 Å². The van der Waals surface area contributed by atoms with Gasteiger partial charge in [-0.15, -0.1) is 0 Å². The maximum atomic E-state index is 12.0. The van der Waals surface area contributed by atoms with E-state index in [2.05, 4.69) is 5.32 Å². The third kappa shape index (κ3) is 10.4. The molecule has 1 N–H and O–H groups in total. The van der Waals surface area contributed by atoms with E-state index in [1.54, 1.807) is 39.8 Å². The number of carbonyl (C=O) groups excluding carboxylic acids is 2. The van der Waals surface area contributed by atoms with E-state index in [9.17, 15) is 18.0 Å². The Labute approximate surface area is 160 Å². The van der Waals surface area contributed by atoms with Gasteiger partial charge < -0.3 is 19.0 Å². The molecule has 0 radical (unpaired) electrons. The molecule has 1 aromatic carbocycles. The zero-order valence-electron chi connectivity index (χ0n) is 16.3. The Morgan fingerprint density at radius 3 is 2.22 bits per heavy atom. The van der Waals surface area contributed by atoms with Crippen LogP contribution in [0.3, 0.4) is 0 Å². The predicted molar refractivity (Wildman–Crippen MR) is 100 cm³/mol. The average molecular weight is 401 g/mol. The minimum atomic E-state index is -3.60. The van der Waals surface area contributed by atoms with Crippen molar-refractivity contribution in [3.63, 3.8) is 0 Å². The Morgan fingerprint density at radius 2 is 1.74 bits per heavy atom. The molecule has 0 heterocycles. The van der Waals surface area contributed by atoms with Crippen molar-refractivity contribution in [2.45, 2.75) is 52.2 Å². The lowest BCUT2D eigenvalue weighted by Crippen LogP contribution is -2.41. The first kappa shape index (κ1) is 22.8. The van der Waals surface area contributed by atoms with E-state index >= 15 is 0 Å². The Hall–Kier alpha value is -2.29. The van der Waals surface area contributed by atoms with Crippen molar-refractivity contribution in [3.05, 3.63) is 29.8 Å². The molecule has 152 valence electrons. The van der Waals surface area contributed by atoms with Crippen LogP contribution in [0.5, 0.6) is 5.75 Å². The van der Waals surface area contributed by atoms with Gasteiger partial charge in [-0.2, -0.15) is 8.42 Å². The van der Waals surface area contributed by atoms with Gasteiger partial charge in [0.2, 0.25) is 0 Å². The van der Waals surface area contributed by atoms with Crippen LogP contribution in [0.4, 0.5) is 4.79 Å². The minimum Gasteiger partial charge on any atom is -0.466 e. The number of hydrogen-bond donors (Lipinski definition) is 1. The molecule has 0 bridgehead atoms. The number of esters is 1. The van der Waals surface area contributed by atoms with E-state index in [1.165, 1.54) is 12.1 Å². The molecule has 1 rings (SSSR count). The Bertz CT molecular complexity index is 736. The molecule has 0 spiro atoms. The van der Waals surface area contributed by atoms with Crippen LogP contribution in [0, 0.1) is 0 Å². The summed E-state index contributed by atoms with van der Waals surface area (Å²) in [5, 5.41) is 2.68. The SMILES string of the molecule is CCOC(=O)CC(Cc1ccc(OS(C)(=O)=O)cc1)NC(=O)OC(C)(C)C. The van der Waals surface area contributed by atoms with E-state index < -0.39 is 33.8 Å². The first-order chi connectivity index (χ1) is 12.4. The van der Waals surface area contributed by atoms with Crippen molar-refractivity contribution < 1.29 is 31.7 Å². The van der Waals surface area contributed by atoms with Gasteiger partial charge in [-0.1, -0.05) is 12.1 Å². The first-order valence-electron chi connectivity index (χ1n) is 8.51. The fourth-order valence-corrected chi connectivity index (χ4v) is 2.67. The Morgan fingerprint density at radius 1 is 1.15 bits per heavy atom. The lowest BCUT2D eigenvalue weighted by Gasteiger charge is -2.23. The zero-order chi connectivity index (χ0) is 20.7. The summed E-state index contributed by atoms with van der Waals surface area (Å²) in [6, 6.07) is 5.79. The van der Waals surface area contributed by atoms with E-state index in [1.807, 2.05) is 0 Å². The fourth-order valence-electron chi connectivity index (χ4n) is 2.21. The summed E-state index contributed by atoms with van der Waals surface area (Å²) in [4.78, 5) is 23.9. The average Bonchev–Trinajstić information content (AvgIpc) is 2.45. The van der Waals surface area contributed by atoms with Crippen LogP contribution in [-0.2, 0) is 30.8 Å². The number of nitrogens with one attached hydrogen (secondary N) is 1. The molecule has 9 heteroatoms. The van der Waals surface area contributed by atoms with Gasteiger partial charge in [0.15, 0.2) is 0 Å². The molecule has 1 aromatic rings. The third-order valence-corrected chi connectivity index (χ3v) is 3.59. The number of hydrogen-bond acceptors (Lipinski definition) is 7. The molecule has 0 fully saturated rings. The first-order valence-corrected chi connectivity index (χ1v) is 10.3. The van der Waals surface area contributed by atoms with Gasteiger partial charge in [0.1, 0.15) is 11.4 Å². The van der Waals surface area contributed by atoms with Gasteiger partial charge in [0, 0.05) is 6.04 Å². The molecule has 1 amide bonds. The van der Waals surface area contributed by atoms with E-state index in [0.717, 1.165) is 11.8 Å². The van der Waals surface area contributed by atoms with Crippen molar-refractivity contribution >= 4 is 22.2 Å². The second-order valence-corrected chi connectivity index (χ2v) is 8.56. The van der Waals surface area contributed by atoms with Crippen LogP contribution in [0.25, 0.3) is 0 Å². The summed E-state index contributed by atoms with van der Waals surface area (Å²) in [7, 11) is -3.60. The van der Waals surface area contributed by atoms with Gasteiger partial charge in [0.25, 0.3) is 0 Å². The van der Waals surface area contributed by atoms with Crippen LogP contribution >= 0.6 is 0 Å². The number of amides is 1. The summed E-state index contributed by atoms with van der Waals surface area (Å²) in [5.74, 6) is -0.251. The highest BCUT2D eigenvalue weighted by atomic mass is 32.2. The number of rotatable bonds is 8. The maximum Gasteiger partial charge on any atom is 0.407 e. The van der Waals surface area contributed by atoms with Gasteiger partial charge in [-0.05, 0) is 51.8 Å². The molecule has 27 heavy (non-hydrogen) atoms. The van der Waals surface area contributed by atoms with Crippen LogP contribution in [0.15, 0.2) is 24.3 Å². The zero-order valence-corrected chi connectivity index (χ0v) is 17.1. The van der Waals surface area contributed by atoms with Crippen molar-refractivity contribution in [1.29, 1.82) is 0 Å². The smallest absolute Gasteiger partial charge is 0.407 e. The molecule has 1 unspecified atom stereocenters. The molecule has 0 saturated heterocycles. The molecular formula is C18H27NO7S. The number of benzene rings is 1. The number of alkyl carbamates (subject to hydrolysis) is 1. The molecule has 1 atom stereocenters. The fraction of sp³-hybridized carbons (Fsp3) is 0.556. The molecule has 0 aliphatic rings. The second kappa shape index (κ2) is 9.59. The standard InChI is InChI=1S/C18H27NO7S/c1-6-24-16(20)12-14(19-17(21)25-18(2,3)4)11-13-7-9-15(10-8-13)26-27(5,22)23/h7-10,14H,6,11-12H2,1-5H3,(H,19,21). The highest BCUT2D eigenvalue weighted by molar-refractivity contribution is 7.86. The summed E-state index contributed by atoms with van der Waals surface area (Å²) >= 11 is 0. The largest absolute Gasteiger partial charge is 0.466 e. The van der Waals surface area contributed by atoms with Crippen LogP contribution in [0.2, 0.25) is 0 Å². The molecule has 0 aliphatic carbocycles. The lowest BCUT2D eigenvalue weighted by atomic mass is 10.0. The summed E-state index contributed by atoms with van der Waals surface area (Å²) in [6.45, 7) is 7.18. The van der Waals surface area contributed by atoms with Crippen molar-refractivity contribution in [2.75, 3.05) is 12.9 Å². The summed E-state index contributed by atoms with van der Waals surface area (Å²) in [6.07, 6.45) is 0.640. The van der Waals surface area contributed by atoms with Crippen LogP contribution in [0.1, 0.15) is 39.7 Å². The molecule has 0 saturated carbocycles. The van der Waals surface area contributed by atoms with Crippen molar-refractivity contribution in [2.24, 2.45) is 0 Å². The van der Waals surface area contributed by atoms with E-state index in [4.69, 9.17) is 13.7 Å². The van der Waals surface area contributed by atoms with Crippen LogP contribution < -0.4 is 9.50 Å². The van der Waals surface area contributed by atoms with E-state index in [0.29, 0.717) is 6.42 Å². The highest BCUT2D eigenvalue weighted by Crippen LogP contribution is 2.16. The van der Waals surface area contributed by atoms with Gasteiger partial charge in [-0.3, -0.25) is 4.79 Å². The highest BCUT2D eigenvalue weighted by Gasteiger charge is 2.22. The molecule has 0 aromatic heterocycles. The monoisotopic (exact) mass is 401 g/mol. The maximum absolute atomic E-state index is 12.0. The van der Waals surface area contributed by atoms with Crippen molar-refractivity contribution in [3.8, 4) is 5.75 Å². The molecule has 8 nitrogen and oxygen atoms in total. The predicted octanol–water partition coefficient (Wildman–Crippen LogP) is 2.41. The second-order valence-electron chi connectivity index (χ2n) is 6.99. The molecular weight excluding hydrogens is 374 g/mol. The Balaban J connectivity index is 2.83. The van der Waals surface area contributed by atoms with Crippen molar-refractivity contribution in [1.82, 2.24) is 5.32 Å². The quantitative estimate of drug-likeness (QED) is 0.526. The normalized spacial score (nSPS) is 12.8. The number of carbonyl (C=O) groups is 2. The summed E-state index contributed by atoms with van der Waals surface area (Å²) < 4.78 is 37.3. The Kier molecular flexibility index (Phi) is 8.08. The van der Waals surface area contributed by atoms with Gasteiger partial charge in [0.05, 0.1) is 19.3 Å². The lowest BCUT2D eigenvalue weighted by molar-refractivity contribution is -0.143. The molecule has 0 aliphatic heterocycles. The van der Waals surface area contributed by atoms with E-state index in [-0.39, 0.29) is 18.8 Å².